The van der Waals surface area contributed by atoms with Gasteiger partial charge in [0.2, 0.25) is 5.91 Å². The monoisotopic (exact) mass is 261 g/mol. The van der Waals surface area contributed by atoms with Crippen LogP contribution in [0.5, 0.6) is 0 Å². The van der Waals surface area contributed by atoms with Crippen LogP contribution in [0.2, 0.25) is 0 Å². The number of carbonyl (C=O) groups is 1. The number of aromatic nitrogens is 1. The van der Waals surface area contributed by atoms with Gasteiger partial charge in [0, 0.05) is 18.3 Å². The van der Waals surface area contributed by atoms with Gasteiger partial charge in [-0.2, -0.15) is 0 Å². The average Bonchev–Trinajstić information content (AvgIpc) is 2.89. The maximum Gasteiger partial charge on any atom is 0.227 e. The van der Waals surface area contributed by atoms with Gasteiger partial charge in [0.15, 0.2) is 0 Å². The summed E-state index contributed by atoms with van der Waals surface area (Å²) in [6.07, 6.45) is 2.89. The number of thiophene rings is 1. The van der Waals surface area contributed by atoms with Crippen LogP contribution in [-0.2, 0) is 11.2 Å². The highest BCUT2D eigenvalue weighted by atomic mass is 32.1. The Kier molecular flexibility index (Phi) is 3.94. The highest BCUT2D eigenvalue weighted by Gasteiger charge is 2.11. The van der Waals surface area contributed by atoms with Gasteiger partial charge in [-0.3, -0.25) is 4.79 Å². The summed E-state index contributed by atoms with van der Waals surface area (Å²) < 4.78 is 0. The number of aryl methyl sites for hydroxylation is 1. The molecule has 0 bridgehead atoms. The van der Waals surface area contributed by atoms with Crippen LogP contribution in [0.4, 0.5) is 11.5 Å². The summed E-state index contributed by atoms with van der Waals surface area (Å²) in [7, 11) is 1.75. The van der Waals surface area contributed by atoms with Gasteiger partial charge in [-0.15, -0.1) is 11.3 Å². The van der Waals surface area contributed by atoms with Crippen molar-refractivity contribution in [3.63, 3.8) is 0 Å². The molecular weight excluding hydrogens is 246 g/mol. The molecule has 0 aliphatic heterocycles. The van der Waals surface area contributed by atoms with Gasteiger partial charge in [0.1, 0.15) is 5.82 Å². The number of carbonyl (C=O) groups excluding carboxylic acids is 1. The molecule has 0 atom stereocenters. The van der Waals surface area contributed by atoms with Crippen molar-refractivity contribution in [1.29, 1.82) is 0 Å². The van der Waals surface area contributed by atoms with Crippen LogP contribution in [0.15, 0.2) is 35.8 Å². The van der Waals surface area contributed by atoms with Crippen LogP contribution in [0.3, 0.4) is 0 Å². The Balaban J connectivity index is 1.94. The lowest BCUT2D eigenvalue weighted by atomic mass is 10.2. The molecule has 2 rings (SSSR count). The topological polar surface area (TPSA) is 59.2 Å². The summed E-state index contributed by atoms with van der Waals surface area (Å²) >= 11 is 1.67. The molecule has 0 aliphatic carbocycles. The molecule has 0 aliphatic rings. The maximum absolute atomic E-state index is 12.0. The van der Waals surface area contributed by atoms with Gasteiger partial charge < -0.3 is 10.6 Å². The van der Waals surface area contributed by atoms with Crippen molar-refractivity contribution < 1.29 is 4.79 Å². The SMILES string of the molecule is CN(C(=O)CCc1cccs1)c1ccc(N)nc1. The van der Waals surface area contributed by atoms with Crippen LogP contribution in [0.1, 0.15) is 11.3 Å². The number of nitrogens with zero attached hydrogens (tertiary/aromatic N) is 2. The second-order valence-corrected chi connectivity index (χ2v) is 5.01. The zero-order valence-corrected chi connectivity index (χ0v) is 11.0. The molecule has 1 amide bonds. The Morgan fingerprint density at radius 3 is 2.89 bits per heavy atom. The van der Waals surface area contributed by atoms with E-state index in [0.29, 0.717) is 12.2 Å². The quantitative estimate of drug-likeness (QED) is 0.918. The van der Waals surface area contributed by atoms with E-state index in [9.17, 15) is 4.79 Å². The Bertz CT molecular complexity index is 508. The van der Waals surface area contributed by atoms with E-state index in [0.717, 1.165) is 12.1 Å². The van der Waals surface area contributed by atoms with Crippen molar-refractivity contribution in [2.45, 2.75) is 12.8 Å². The molecule has 5 heteroatoms. The molecular formula is C13H15N3OS. The molecule has 2 heterocycles. The number of rotatable bonds is 4. The first-order chi connectivity index (χ1) is 8.66. The van der Waals surface area contributed by atoms with Crippen molar-refractivity contribution >= 4 is 28.7 Å². The van der Waals surface area contributed by atoms with Gasteiger partial charge in [-0.1, -0.05) is 6.07 Å². The van der Waals surface area contributed by atoms with E-state index in [2.05, 4.69) is 4.98 Å². The number of amides is 1. The summed E-state index contributed by atoms with van der Waals surface area (Å²) in [5, 5.41) is 2.02. The fraction of sp³-hybridized carbons (Fsp3) is 0.231. The number of nitrogen functional groups attached to an aromatic ring is 1. The van der Waals surface area contributed by atoms with Crippen LogP contribution < -0.4 is 10.6 Å². The summed E-state index contributed by atoms with van der Waals surface area (Å²) in [6.45, 7) is 0. The smallest absolute Gasteiger partial charge is 0.227 e. The number of anilines is 2. The normalized spacial score (nSPS) is 10.3. The molecule has 0 unspecified atom stereocenters. The van der Waals surface area contributed by atoms with Crippen LogP contribution in [0, 0.1) is 0 Å². The molecule has 2 N–H and O–H groups in total. The minimum absolute atomic E-state index is 0.0787. The molecule has 94 valence electrons. The van der Waals surface area contributed by atoms with E-state index in [1.54, 1.807) is 41.6 Å². The van der Waals surface area contributed by atoms with E-state index in [-0.39, 0.29) is 5.91 Å². The Labute approximate surface area is 110 Å². The van der Waals surface area contributed by atoms with Crippen LogP contribution >= 0.6 is 11.3 Å². The van der Waals surface area contributed by atoms with Gasteiger partial charge >= 0.3 is 0 Å². The van der Waals surface area contributed by atoms with E-state index >= 15 is 0 Å². The van der Waals surface area contributed by atoms with Crippen LogP contribution in [0.25, 0.3) is 0 Å². The lowest BCUT2D eigenvalue weighted by molar-refractivity contribution is -0.118. The second-order valence-electron chi connectivity index (χ2n) is 3.97. The molecule has 0 fully saturated rings. The number of hydrogen-bond acceptors (Lipinski definition) is 4. The lowest BCUT2D eigenvalue weighted by Gasteiger charge is -2.16. The van der Waals surface area contributed by atoms with Gasteiger partial charge in [-0.05, 0) is 30.0 Å². The van der Waals surface area contributed by atoms with Crippen molar-refractivity contribution in [2.75, 3.05) is 17.7 Å². The van der Waals surface area contributed by atoms with Gasteiger partial charge in [-0.25, -0.2) is 4.98 Å². The minimum Gasteiger partial charge on any atom is -0.384 e. The zero-order chi connectivity index (χ0) is 13.0. The third-order valence-corrected chi connectivity index (χ3v) is 3.63. The first-order valence-electron chi connectivity index (χ1n) is 5.67. The van der Waals surface area contributed by atoms with Gasteiger partial charge in [0.25, 0.3) is 0 Å². The standard InChI is InChI=1S/C13H15N3OS/c1-16(10-4-6-12(14)15-9-10)13(17)7-5-11-3-2-8-18-11/h2-4,6,8-9H,5,7H2,1H3,(H2,14,15). The largest absolute Gasteiger partial charge is 0.384 e. The van der Waals surface area contributed by atoms with E-state index < -0.39 is 0 Å². The highest BCUT2D eigenvalue weighted by molar-refractivity contribution is 7.09. The molecule has 18 heavy (non-hydrogen) atoms. The van der Waals surface area contributed by atoms with E-state index in [4.69, 9.17) is 5.73 Å². The Morgan fingerprint density at radius 2 is 2.28 bits per heavy atom. The van der Waals surface area contributed by atoms with Crippen molar-refractivity contribution in [1.82, 2.24) is 4.98 Å². The average molecular weight is 261 g/mol. The third kappa shape index (κ3) is 3.07. The number of nitrogens with two attached hydrogens (primary N) is 1. The number of pyridine rings is 1. The van der Waals surface area contributed by atoms with Crippen molar-refractivity contribution in [2.24, 2.45) is 0 Å². The first kappa shape index (κ1) is 12.6. The summed E-state index contributed by atoms with van der Waals surface area (Å²) in [4.78, 5) is 18.8. The molecule has 0 aromatic carbocycles. The molecule has 0 saturated carbocycles. The predicted octanol–water partition coefficient (Wildman–Crippen LogP) is 2.32. The molecule has 0 radical (unpaired) electrons. The van der Waals surface area contributed by atoms with E-state index in [1.165, 1.54) is 4.88 Å². The number of hydrogen-bond donors (Lipinski definition) is 1. The van der Waals surface area contributed by atoms with Gasteiger partial charge in [0.05, 0.1) is 11.9 Å². The molecule has 0 saturated heterocycles. The molecule has 4 nitrogen and oxygen atoms in total. The maximum atomic E-state index is 12.0. The second kappa shape index (κ2) is 5.64. The summed E-state index contributed by atoms with van der Waals surface area (Å²) in [5.74, 6) is 0.535. The van der Waals surface area contributed by atoms with Crippen molar-refractivity contribution in [3.8, 4) is 0 Å². The Morgan fingerprint density at radius 1 is 1.44 bits per heavy atom. The van der Waals surface area contributed by atoms with Crippen LogP contribution in [-0.4, -0.2) is 17.9 Å². The first-order valence-corrected chi connectivity index (χ1v) is 6.55. The minimum atomic E-state index is 0.0787. The fourth-order valence-electron chi connectivity index (χ4n) is 1.59. The summed E-state index contributed by atoms with van der Waals surface area (Å²) in [5.41, 5.74) is 6.28. The molecule has 2 aromatic heterocycles. The fourth-order valence-corrected chi connectivity index (χ4v) is 2.30. The van der Waals surface area contributed by atoms with Crippen molar-refractivity contribution in [3.05, 3.63) is 40.7 Å². The van der Waals surface area contributed by atoms with E-state index in [1.807, 2.05) is 17.5 Å². The molecule has 0 spiro atoms. The predicted molar refractivity (Wildman–Crippen MR) is 74.7 cm³/mol. The zero-order valence-electron chi connectivity index (χ0n) is 10.2. The third-order valence-electron chi connectivity index (χ3n) is 2.70. The summed E-state index contributed by atoms with van der Waals surface area (Å²) in [6, 6.07) is 7.53. The Hall–Kier alpha value is -1.88. The molecule has 2 aromatic rings. The highest BCUT2D eigenvalue weighted by Crippen LogP contribution is 2.15. The lowest BCUT2D eigenvalue weighted by Crippen LogP contribution is -2.26.